The lowest BCUT2D eigenvalue weighted by molar-refractivity contribution is -0.143. The van der Waals surface area contributed by atoms with Crippen LogP contribution in [0.25, 0.3) is 0 Å². The minimum Gasteiger partial charge on any atom is -0.487 e. The average molecular weight is 2430 g/mol. The molecule has 0 radical (unpaired) electrons. The van der Waals surface area contributed by atoms with Crippen LogP contribution < -0.4 is 55.6 Å². The molecular formula is C104H107Br6Cl5F4N6O16. The number of aliphatic carboxylic acids is 5. The van der Waals surface area contributed by atoms with Crippen molar-refractivity contribution in [2.75, 3.05) is 65.9 Å². The number of hydrogen-bond donors (Lipinski definition) is 11. The molecule has 5 aliphatic rings. The zero-order chi connectivity index (χ0) is 102. The molecule has 1 unspecified atom stereocenters. The Balaban J connectivity index is 0.000000169. The smallest absolute Gasteiger partial charge is 0.416 e. The number of halogens is 15. The molecule has 37 heteroatoms. The van der Waals surface area contributed by atoms with Crippen molar-refractivity contribution in [3.63, 3.8) is 0 Å². The highest BCUT2D eigenvalue weighted by atomic mass is 79.9. The van der Waals surface area contributed by atoms with Crippen LogP contribution in [-0.4, -0.2) is 107 Å². The fourth-order valence-corrected chi connectivity index (χ4v) is 20.4. The standard InChI is InChI=1S/C21H22Br2N2O4.C21H23Br2NO3.C21H19Cl2F4NO3.C21H23Cl2NO3.C20H20Br2ClNO3/c1-12-4-14(6-16(5-12)24-9-13-2-3-13)11-29-20-17(22)7-15(8-18(20)23)21(28)25-10-19(26)27;1-13-6-16(8-17(7-13)24-11-14-2-3-14)12-27-21-18(22)9-15(10-19(21)23)4-5-20(25)26;22-16-5-12(7-18(24)20(29)30)6-17(23)19(16)31-10-13-3-14(21(25,26)27)8-15(4-13)28-9-11-1-2-11;1-13-6-16(8-17(7-13)24-11-14-2-3-14)12-27-21-18(22)9-15(10-19(21)23)4-5-20(25)26;21-17-7-13(3-4-19(25)26)8-18(22)20(17)27-11-14-5-15(23)9-16(6-14)24-10-12-1-2-12/h4-8,13,24H,2-3,9-11H2,1H3,(H,25,28)(H,26,27);6-10,14,24H,2-5,11-12H2,1H3,(H,25,26);3-6,8,11,18,28H,1-2,7,9-10H2,(H,29,30);6-10,14,24H,2-5,11-12H2,1H3,(H,25,26);5-9,12,24H,1-4,10-11H2,(H,25,26). The molecule has 0 spiro atoms. The highest BCUT2D eigenvalue weighted by molar-refractivity contribution is 9.12. The van der Waals surface area contributed by atoms with E-state index in [1.807, 2.05) is 36.4 Å². The maximum atomic E-state index is 13.4. The van der Waals surface area contributed by atoms with Gasteiger partial charge in [-0.15, -0.1) is 0 Å². The minimum atomic E-state index is -4.52. The monoisotopic (exact) mass is 2420 g/mol. The minimum absolute atomic E-state index is 0.000790. The second-order valence-electron chi connectivity index (χ2n) is 35.5. The van der Waals surface area contributed by atoms with E-state index in [1.54, 1.807) is 30.3 Å². The number of carbonyl (C=O) groups is 6. The Morgan fingerprint density at radius 2 is 0.624 bits per heavy atom. The van der Waals surface area contributed by atoms with Gasteiger partial charge in [0.2, 0.25) is 6.17 Å². The normalized spacial score (nSPS) is 13.7. The lowest BCUT2D eigenvalue weighted by Gasteiger charge is -2.16. The Labute approximate surface area is 891 Å². The van der Waals surface area contributed by atoms with Crippen molar-refractivity contribution < 1.29 is 95.5 Å². The van der Waals surface area contributed by atoms with Gasteiger partial charge in [0.05, 0.1) is 52.5 Å². The number of aryl methyl sites for hydroxylation is 6. The third-order valence-corrected chi connectivity index (χ3v) is 27.4. The van der Waals surface area contributed by atoms with Crippen LogP contribution in [0.5, 0.6) is 28.7 Å². The molecule has 754 valence electrons. The van der Waals surface area contributed by atoms with E-state index in [4.69, 9.17) is 107 Å². The first-order valence-corrected chi connectivity index (χ1v) is 52.3. The van der Waals surface area contributed by atoms with Gasteiger partial charge in [0, 0.05) is 97.4 Å². The number of carboxylic acids is 5. The molecule has 10 aromatic carbocycles. The molecule has 0 saturated heterocycles. The molecule has 0 bridgehead atoms. The topological polar surface area (TPSA) is 322 Å². The van der Waals surface area contributed by atoms with Crippen LogP contribution in [0.4, 0.5) is 46.0 Å². The summed E-state index contributed by atoms with van der Waals surface area (Å²) in [5, 5.41) is 64.6. The summed E-state index contributed by atoms with van der Waals surface area (Å²) >= 11 is 52.1. The molecule has 0 aliphatic heterocycles. The van der Waals surface area contributed by atoms with Crippen LogP contribution >= 0.6 is 154 Å². The molecule has 1 amide bonds. The molecule has 10 aromatic rings. The Morgan fingerprint density at radius 1 is 0.348 bits per heavy atom. The predicted molar refractivity (Wildman–Crippen MR) is 567 cm³/mol. The van der Waals surface area contributed by atoms with Crippen LogP contribution in [0.15, 0.2) is 178 Å². The van der Waals surface area contributed by atoms with Crippen molar-refractivity contribution in [1.82, 2.24) is 5.32 Å². The molecule has 22 nitrogen and oxygen atoms in total. The van der Waals surface area contributed by atoms with Crippen molar-refractivity contribution in [2.45, 2.75) is 175 Å². The number of carboxylic acid groups (broad SMARTS) is 5. The molecule has 141 heavy (non-hydrogen) atoms. The Kier molecular flexibility index (Phi) is 43.3. The van der Waals surface area contributed by atoms with E-state index in [9.17, 15) is 46.3 Å². The number of carbonyl (C=O) groups excluding carboxylic acids is 1. The Bertz CT molecular complexity index is 5650. The van der Waals surface area contributed by atoms with Crippen molar-refractivity contribution in [3.8, 4) is 28.7 Å². The molecule has 15 rings (SSSR count). The number of hydrogen-bond acceptors (Lipinski definition) is 16. The second kappa shape index (κ2) is 54.3. The zero-order valence-electron chi connectivity index (χ0n) is 77.1. The van der Waals surface area contributed by atoms with E-state index in [2.05, 4.69) is 209 Å². The van der Waals surface area contributed by atoms with Crippen LogP contribution in [-0.2, 0) is 88.9 Å². The van der Waals surface area contributed by atoms with Gasteiger partial charge in [-0.25, -0.2) is 9.18 Å². The van der Waals surface area contributed by atoms with Crippen LogP contribution in [0.3, 0.4) is 0 Å². The van der Waals surface area contributed by atoms with Crippen molar-refractivity contribution >= 4 is 218 Å². The quantitative estimate of drug-likeness (QED) is 0.0158. The van der Waals surface area contributed by atoms with Crippen LogP contribution in [0.2, 0.25) is 25.1 Å². The molecular weight excluding hydrogens is 2320 g/mol. The van der Waals surface area contributed by atoms with Gasteiger partial charge < -0.3 is 81.1 Å². The van der Waals surface area contributed by atoms with E-state index in [0.29, 0.717) is 111 Å². The molecule has 0 heterocycles. The lowest BCUT2D eigenvalue weighted by atomic mass is 10.1. The molecule has 5 aliphatic carbocycles. The summed E-state index contributed by atoms with van der Waals surface area (Å²) in [5.41, 5.74) is 15.1. The fourth-order valence-electron chi connectivity index (χ4n) is 14.4. The Hall–Kier alpha value is -8.93. The van der Waals surface area contributed by atoms with Gasteiger partial charge >= 0.3 is 36.0 Å². The Morgan fingerprint density at radius 3 is 0.922 bits per heavy atom. The van der Waals surface area contributed by atoms with E-state index in [1.165, 1.54) is 69.1 Å². The van der Waals surface area contributed by atoms with Crippen molar-refractivity contribution in [2.24, 2.45) is 29.6 Å². The summed E-state index contributed by atoms with van der Waals surface area (Å²) in [5.74, 6) is 0.496. The van der Waals surface area contributed by atoms with Gasteiger partial charge in [0.1, 0.15) is 56.8 Å². The molecule has 0 aromatic heterocycles. The number of amides is 1. The highest BCUT2D eigenvalue weighted by Crippen LogP contribution is 2.44. The molecule has 1 atom stereocenters. The predicted octanol–water partition coefficient (Wildman–Crippen LogP) is 29.1. The van der Waals surface area contributed by atoms with Gasteiger partial charge in [0.25, 0.3) is 5.91 Å². The number of ether oxygens (including phenoxy) is 5. The summed E-state index contributed by atoms with van der Waals surface area (Å²) in [6, 6.07) is 45.4. The van der Waals surface area contributed by atoms with Gasteiger partial charge in [-0.05, 0) is 430 Å². The first-order chi connectivity index (χ1) is 67.0. The van der Waals surface area contributed by atoms with E-state index in [0.717, 1.165) is 171 Å². The maximum absolute atomic E-state index is 13.4. The van der Waals surface area contributed by atoms with Gasteiger partial charge in [-0.2, -0.15) is 13.2 Å². The van der Waals surface area contributed by atoms with E-state index >= 15 is 0 Å². The first-order valence-electron chi connectivity index (χ1n) is 45.6. The molecule has 5 fully saturated rings. The molecule has 11 N–H and O–H groups in total. The van der Waals surface area contributed by atoms with Crippen LogP contribution in [0, 0.1) is 50.4 Å². The first kappa shape index (κ1) is 112. The number of anilines is 5. The summed E-state index contributed by atoms with van der Waals surface area (Å²) < 4.78 is 87.1. The van der Waals surface area contributed by atoms with Crippen LogP contribution in [0.1, 0.15) is 166 Å². The van der Waals surface area contributed by atoms with Gasteiger partial charge in [-0.3, -0.25) is 24.0 Å². The third kappa shape index (κ3) is 39.9. The summed E-state index contributed by atoms with van der Waals surface area (Å²) in [6.45, 7) is 11.8. The van der Waals surface area contributed by atoms with E-state index in [-0.39, 0.29) is 52.8 Å². The maximum Gasteiger partial charge on any atom is 0.416 e. The van der Waals surface area contributed by atoms with Gasteiger partial charge in [-0.1, -0.05) is 76.2 Å². The largest absolute Gasteiger partial charge is 0.487 e. The number of nitrogens with one attached hydrogen (secondary N) is 6. The summed E-state index contributed by atoms with van der Waals surface area (Å²) in [4.78, 5) is 65.6. The lowest BCUT2D eigenvalue weighted by Crippen LogP contribution is -2.29. The SMILES string of the molecule is Cc1cc(COc2c(Br)cc(C(=O)NCC(=O)O)cc2Br)cc(NCC2CC2)c1.Cc1cc(COc2c(Br)cc(CCC(=O)O)cc2Br)cc(NCC2CC2)c1.Cc1cc(COc2c(Cl)cc(CCC(=O)O)cc2Cl)cc(NCC2CC2)c1.O=C(O)C(F)Cc1cc(Cl)c(OCc2cc(NCC3CC3)cc(C(F)(F)F)c2)c(Cl)c1.O=C(O)CCc1cc(Br)c(OCc2cc(Cl)cc(NCC3CC3)c2)c(Br)c1. The average Bonchev–Trinajstić information content (AvgIpc) is 1.46. The van der Waals surface area contributed by atoms with Gasteiger partial charge in [0.15, 0.2) is 11.5 Å². The summed E-state index contributed by atoms with van der Waals surface area (Å²) in [7, 11) is 0. The second-order valence-corrected chi connectivity index (χ2v) is 42.7. The fraction of sp³-hybridized carbons (Fsp3) is 0.365. The number of alkyl halides is 4. The zero-order valence-corrected chi connectivity index (χ0v) is 90.4. The molecule has 5 saturated carbocycles. The number of rotatable bonds is 45. The number of benzene rings is 10. The van der Waals surface area contributed by atoms with E-state index < -0.39 is 66.6 Å². The van der Waals surface area contributed by atoms with Crippen molar-refractivity contribution in [3.05, 3.63) is 281 Å². The summed E-state index contributed by atoms with van der Waals surface area (Å²) in [6.07, 6.45) is 7.13. The third-order valence-electron chi connectivity index (χ3n) is 22.5. The van der Waals surface area contributed by atoms with Crippen molar-refractivity contribution in [1.29, 1.82) is 0 Å². The highest BCUT2D eigenvalue weighted by Gasteiger charge is 2.33.